The molecule has 17 heavy (non-hydrogen) atoms. The van der Waals surface area contributed by atoms with E-state index in [0.29, 0.717) is 23.8 Å². The van der Waals surface area contributed by atoms with Crippen molar-refractivity contribution in [2.45, 2.75) is 6.42 Å². The van der Waals surface area contributed by atoms with Gasteiger partial charge in [0.15, 0.2) is 0 Å². The van der Waals surface area contributed by atoms with Gasteiger partial charge in [-0.15, -0.1) is 0 Å². The van der Waals surface area contributed by atoms with Crippen LogP contribution in [0.3, 0.4) is 0 Å². The van der Waals surface area contributed by atoms with E-state index in [-0.39, 0.29) is 0 Å². The van der Waals surface area contributed by atoms with Crippen LogP contribution in [-0.4, -0.2) is 28.7 Å². The van der Waals surface area contributed by atoms with Crippen molar-refractivity contribution in [2.24, 2.45) is 0 Å². The average Bonchev–Trinajstić information content (AvgIpc) is 2.75. The minimum Gasteiger partial charge on any atom is -0.339 e. The molecular formula is C10H10Br2N4O. The Labute approximate surface area is 115 Å². The number of pyridine rings is 1. The number of hydrogen-bond acceptors (Lipinski definition) is 5. The Morgan fingerprint density at radius 2 is 2.24 bits per heavy atom. The van der Waals surface area contributed by atoms with Gasteiger partial charge in [0.1, 0.15) is 5.69 Å². The lowest BCUT2D eigenvalue weighted by atomic mass is 10.3. The number of aromatic nitrogens is 3. The van der Waals surface area contributed by atoms with E-state index >= 15 is 0 Å². The van der Waals surface area contributed by atoms with Crippen LogP contribution < -0.4 is 5.32 Å². The van der Waals surface area contributed by atoms with E-state index in [2.05, 4.69) is 52.3 Å². The van der Waals surface area contributed by atoms with Crippen molar-refractivity contribution in [2.75, 3.05) is 13.6 Å². The molecule has 0 unspecified atom stereocenters. The van der Waals surface area contributed by atoms with E-state index in [9.17, 15) is 0 Å². The predicted octanol–water partition coefficient (Wildman–Crippen LogP) is 2.42. The van der Waals surface area contributed by atoms with Crippen LogP contribution in [0.25, 0.3) is 11.5 Å². The molecule has 0 fully saturated rings. The van der Waals surface area contributed by atoms with Crippen molar-refractivity contribution in [3.05, 3.63) is 27.1 Å². The van der Waals surface area contributed by atoms with Crippen molar-refractivity contribution >= 4 is 31.9 Å². The summed E-state index contributed by atoms with van der Waals surface area (Å²) in [5, 5.41) is 6.93. The molecule has 90 valence electrons. The van der Waals surface area contributed by atoms with Crippen LogP contribution in [0, 0.1) is 0 Å². The van der Waals surface area contributed by atoms with Crippen molar-refractivity contribution in [3.63, 3.8) is 0 Å². The summed E-state index contributed by atoms with van der Waals surface area (Å²) in [5.74, 6) is 1.10. The molecule has 0 aliphatic rings. The Hall–Kier alpha value is -0.790. The first-order valence-electron chi connectivity index (χ1n) is 4.99. The second kappa shape index (κ2) is 5.70. The van der Waals surface area contributed by atoms with Gasteiger partial charge in [-0.25, -0.2) is 0 Å². The van der Waals surface area contributed by atoms with E-state index in [1.165, 1.54) is 0 Å². The quantitative estimate of drug-likeness (QED) is 0.905. The van der Waals surface area contributed by atoms with Crippen molar-refractivity contribution in [3.8, 4) is 11.5 Å². The van der Waals surface area contributed by atoms with Crippen LogP contribution in [0.5, 0.6) is 0 Å². The van der Waals surface area contributed by atoms with Gasteiger partial charge >= 0.3 is 0 Å². The Morgan fingerprint density at radius 1 is 1.41 bits per heavy atom. The molecule has 2 rings (SSSR count). The molecule has 2 aromatic rings. The van der Waals surface area contributed by atoms with Gasteiger partial charge in [-0.3, -0.25) is 4.98 Å². The maximum Gasteiger partial charge on any atom is 0.228 e. The van der Waals surface area contributed by atoms with E-state index in [1.807, 2.05) is 13.1 Å². The Kier molecular flexibility index (Phi) is 4.25. The van der Waals surface area contributed by atoms with Gasteiger partial charge in [-0.05, 0) is 45.0 Å². The first-order valence-corrected chi connectivity index (χ1v) is 6.58. The molecule has 0 radical (unpaired) electrons. The minimum atomic E-state index is 0.496. The van der Waals surface area contributed by atoms with Crippen LogP contribution in [0.2, 0.25) is 0 Å². The summed E-state index contributed by atoms with van der Waals surface area (Å²) in [6.45, 7) is 0.802. The zero-order chi connectivity index (χ0) is 12.3. The molecule has 0 aromatic carbocycles. The summed E-state index contributed by atoms with van der Waals surface area (Å²) in [5.41, 5.74) is 0.674. The van der Waals surface area contributed by atoms with Gasteiger partial charge in [0.05, 0.1) is 0 Å². The first kappa shape index (κ1) is 12.7. The number of likely N-dealkylation sites (N-methyl/N-ethyl adjacent to an activating group) is 1. The van der Waals surface area contributed by atoms with Crippen LogP contribution in [0.1, 0.15) is 5.89 Å². The molecule has 0 bridgehead atoms. The van der Waals surface area contributed by atoms with Crippen LogP contribution >= 0.6 is 31.9 Å². The highest BCUT2D eigenvalue weighted by molar-refractivity contribution is 9.11. The first-order chi connectivity index (χ1) is 8.20. The number of rotatable bonds is 4. The smallest absolute Gasteiger partial charge is 0.228 e. The maximum atomic E-state index is 5.13. The van der Waals surface area contributed by atoms with E-state index in [4.69, 9.17) is 4.52 Å². The Balaban J connectivity index is 2.24. The summed E-state index contributed by atoms with van der Waals surface area (Å²) in [6.07, 6.45) is 2.40. The highest BCUT2D eigenvalue weighted by Crippen LogP contribution is 2.26. The number of nitrogens with zero attached hydrogens (tertiary/aromatic N) is 3. The van der Waals surface area contributed by atoms with Crippen molar-refractivity contribution in [1.82, 2.24) is 20.4 Å². The molecule has 1 N–H and O–H groups in total. The minimum absolute atomic E-state index is 0.496. The molecule has 0 aliphatic heterocycles. The number of halogens is 2. The zero-order valence-corrected chi connectivity index (χ0v) is 12.2. The number of hydrogen-bond donors (Lipinski definition) is 1. The van der Waals surface area contributed by atoms with E-state index in [0.717, 1.165) is 15.5 Å². The fourth-order valence-corrected chi connectivity index (χ4v) is 2.43. The number of nitrogens with one attached hydrogen (secondary N) is 1. The molecule has 0 saturated carbocycles. The van der Waals surface area contributed by atoms with Gasteiger partial charge in [0.25, 0.3) is 0 Å². The third-order valence-electron chi connectivity index (χ3n) is 2.08. The predicted molar refractivity (Wildman–Crippen MR) is 70.6 cm³/mol. The normalized spacial score (nSPS) is 10.8. The fraction of sp³-hybridized carbons (Fsp3) is 0.300. The lowest BCUT2D eigenvalue weighted by Gasteiger charge is -1.97. The van der Waals surface area contributed by atoms with Crippen molar-refractivity contribution in [1.29, 1.82) is 0 Å². The lowest BCUT2D eigenvalue weighted by molar-refractivity contribution is 0.377. The summed E-state index contributed by atoms with van der Waals surface area (Å²) in [7, 11) is 1.88. The topological polar surface area (TPSA) is 63.8 Å². The average molecular weight is 362 g/mol. The molecule has 2 heterocycles. The van der Waals surface area contributed by atoms with Gasteiger partial charge < -0.3 is 9.84 Å². The fourth-order valence-electron chi connectivity index (χ4n) is 1.26. The molecule has 0 amide bonds. The summed E-state index contributed by atoms with van der Waals surface area (Å²) in [6, 6.07) is 1.89. The highest BCUT2D eigenvalue weighted by atomic mass is 79.9. The second-order valence-electron chi connectivity index (χ2n) is 3.35. The monoisotopic (exact) mass is 360 g/mol. The Bertz CT molecular complexity index is 515. The molecule has 5 nitrogen and oxygen atoms in total. The summed E-state index contributed by atoms with van der Waals surface area (Å²) in [4.78, 5) is 8.53. The molecule has 0 atom stereocenters. The lowest BCUT2D eigenvalue weighted by Crippen LogP contribution is -2.10. The molecule has 0 saturated heterocycles. The highest BCUT2D eigenvalue weighted by Gasteiger charge is 2.12. The van der Waals surface area contributed by atoms with E-state index in [1.54, 1.807) is 6.20 Å². The largest absolute Gasteiger partial charge is 0.339 e. The molecule has 7 heteroatoms. The molecular weight excluding hydrogens is 352 g/mol. The van der Waals surface area contributed by atoms with Gasteiger partial charge in [0.2, 0.25) is 11.7 Å². The van der Waals surface area contributed by atoms with Gasteiger partial charge in [0, 0.05) is 28.1 Å². The van der Waals surface area contributed by atoms with E-state index < -0.39 is 0 Å². The maximum absolute atomic E-state index is 5.13. The van der Waals surface area contributed by atoms with Gasteiger partial charge in [-0.1, -0.05) is 5.16 Å². The molecule has 0 spiro atoms. The standard InChI is InChI=1S/C10H10Br2N4O/c1-13-3-2-8-15-10(16-17-8)9-7(12)4-6(11)5-14-9/h4-5,13H,2-3H2,1H3. The zero-order valence-electron chi connectivity index (χ0n) is 9.07. The van der Waals surface area contributed by atoms with Gasteiger partial charge in [-0.2, -0.15) is 4.98 Å². The van der Waals surface area contributed by atoms with Crippen LogP contribution in [0.15, 0.2) is 25.7 Å². The SMILES string of the molecule is CNCCc1nc(-c2ncc(Br)cc2Br)no1. The summed E-state index contributed by atoms with van der Waals surface area (Å²) >= 11 is 6.76. The molecule has 0 aliphatic carbocycles. The molecule has 2 aromatic heterocycles. The summed E-state index contributed by atoms with van der Waals surface area (Å²) < 4.78 is 6.85. The third-order valence-corrected chi connectivity index (χ3v) is 3.11. The van der Waals surface area contributed by atoms with Crippen LogP contribution in [0.4, 0.5) is 0 Å². The second-order valence-corrected chi connectivity index (χ2v) is 5.12. The van der Waals surface area contributed by atoms with Crippen molar-refractivity contribution < 1.29 is 4.52 Å². The Morgan fingerprint density at radius 3 is 2.94 bits per heavy atom. The third kappa shape index (κ3) is 3.11. The van der Waals surface area contributed by atoms with Crippen LogP contribution in [-0.2, 0) is 6.42 Å².